The van der Waals surface area contributed by atoms with Gasteiger partial charge in [0.1, 0.15) is 0 Å². The summed E-state index contributed by atoms with van der Waals surface area (Å²) in [4.78, 5) is 0. The van der Waals surface area contributed by atoms with Crippen LogP contribution in [0.15, 0.2) is 0 Å². The van der Waals surface area contributed by atoms with Crippen LogP contribution in [0.4, 0.5) is 0 Å². The van der Waals surface area contributed by atoms with Gasteiger partial charge in [-0.15, -0.1) is 0 Å². The molecule has 1 saturated carbocycles. The minimum absolute atomic E-state index is 0.000779. The van der Waals surface area contributed by atoms with Crippen LogP contribution in [0.3, 0.4) is 0 Å². The number of unbranched alkanes of at least 4 members (excludes halogenated alkanes) is 2. The van der Waals surface area contributed by atoms with Crippen LogP contribution in [0.25, 0.3) is 0 Å². The van der Waals surface area contributed by atoms with E-state index in [1.807, 2.05) is 0 Å². The van der Waals surface area contributed by atoms with E-state index < -0.39 is 0 Å². The quantitative estimate of drug-likeness (QED) is 0.613. The molecule has 0 aromatic heterocycles. The van der Waals surface area contributed by atoms with Gasteiger partial charge in [-0.05, 0) is 32.1 Å². The highest BCUT2D eigenvalue weighted by molar-refractivity contribution is 4.87. The summed E-state index contributed by atoms with van der Waals surface area (Å²) >= 11 is 0. The van der Waals surface area contributed by atoms with Crippen LogP contribution in [-0.2, 0) is 4.74 Å². The first-order valence-corrected chi connectivity index (χ1v) is 5.78. The van der Waals surface area contributed by atoms with E-state index in [2.05, 4.69) is 0 Å². The van der Waals surface area contributed by atoms with E-state index in [1.54, 1.807) is 0 Å². The molecule has 84 valence electrons. The zero-order valence-electron chi connectivity index (χ0n) is 9.00. The van der Waals surface area contributed by atoms with Crippen molar-refractivity contribution in [3.63, 3.8) is 0 Å². The Hall–Kier alpha value is -0.120. The second kappa shape index (κ2) is 6.38. The SMILES string of the molecule is NCC1(OCCCCCO)CCCC1. The fourth-order valence-electron chi connectivity index (χ4n) is 2.11. The summed E-state index contributed by atoms with van der Waals surface area (Å²) in [6.45, 7) is 1.76. The summed E-state index contributed by atoms with van der Waals surface area (Å²) in [5, 5.41) is 8.61. The third kappa shape index (κ3) is 3.56. The van der Waals surface area contributed by atoms with Crippen molar-refractivity contribution in [2.24, 2.45) is 5.73 Å². The molecule has 0 atom stereocenters. The number of rotatable bonds is 7. The van der Waals surface area contributed by atoms with E-state index in [-0.39, 0.29) is 5.60 Å². The summed E-state index contributed by atoms with van der Waals surface area (Å²) in [5.74, 6) is 0. The fraction of sp³-hybridized carbons (Fsp3) is 1.00. The van der Waals surface area contributed by atoms with Gasteiger partial charge in [0.25, 0.3) is 0 Å². The molecule has 0 spiro atoms. The molecule has 0 radical (unpaired) electrons. The lowest BCUT2D eigenvalue weighted by Gasteiger charge is -2.27. The Bertz CT molecular complexity index is 144. The molecule has 0 amide bonds. The molecule has 1 fully saturated rings. The number of hydrogen-bond acceptors (Lipinski definition) is 3. The number of ether oxygens (including phenoxy) is 1. The van der Waals surface area contributed by atoms with E-state index in [1.165, 1.54) is 12.8 Å². The Kier molecular flexibility index (Phi) is 5.45. The molecule has 0 heterocycles. The maximum absolute atomic E-state index is 8.61. The molecular weight excluding hydrogens is 178 g/mol. The Morgan fingerprint density at radius 1 is 1.14 bits per heavy atom. The maximum atomic E-state index is 8.61. The van der Waals surface area contributed by atoms with Gasteiger partial charge in [0.15, 0.2) is 0 Å². The van der Waals surface area contributed by atoms with E-state index in [4.69, 9.17) is 15.6 Å². The molecule has 1 aliphatic carbocycles. The number of hydrogen-bond donors (Lipinski definition) is 2. The van der Waals surface area contributed by atoms with Gasteiger partial charge in [-0.1, -0.05) is 12.8 Å². The number of aliphatic hydroxyl groups excluding tert-OH is 1. The van der Waals surface area contributed by atoms with Crippen LogP contribution in [0.5, 0.6) is 0 Å². The van der Waals surface area contributed by atoms with Crippen molar-refractivity contribution in [1.82, 2.24) is 0 Å². The Morgan fingerprint density at radius 2 is 1.86 bits per heavy atom. The van der Waals surface area contributed by atoms with Gasteiger partial charge in [-0.25, -0.2) is 0 Å². The van der Waals surface area contributed by atoms with Crippen LogP contribution >= 0.6 is 0 Å². The van der Waals surface area contributed by atoms with Crippen molar-refractivity contribution in [1.29, 1.82) is 0 Å². The number of aliphatic hydroxyl groups is 1. The summed E-state index contributed by atoms with van der Waals surface area (Å²) in [5.41, 5.74) is 5.74. The lowest BCUT2D eigenvalue weighted by molar-refractivity contribution is -0.0352. The van der Waals surface area contributed by atoms with Crippen molar-refractivity contribution in [2.75, 3.05) is 19.8 Å². The van der Waals surface area contributed by atoms with Crippen LogP contribution in [0.2, 0.25) is 0 Å². The van der Waals surface area contributed by atoms with E-state index in [0.29, 0.717) is 13.2 Å². The highest BCUT2D eigenvalue weighted by atomic mass is 16.5. The Morgan fingerprint density at radius 3 is 2.43 bits per heavy atom. The fourth-order valence-corrected chi connectivity index (χ4v) is 2.11. The normalized spacial score (nSPS) is 20.1. The zero-order chi connectivity index (χ0) is 10.3. The Labute approximate surface area is 86.6 Å². The van der Waals surface area contributed by atoms with Crippen molar-refractivity contribution in [2.45, 2.75) is 50.5 Å². The first-order valence-electron chi connectivity index (χ1n) is 5.78. The summed E-state index contributed by atoms with van der Waals surface area (Å²) in [6, 6.07) is 0. The standard InChI is InChI=1S/C11H23NO2/c12-10-11(6-2-3-7-11)14-9-5-1-4-8-13/h13H,1-10,12H2. The van der Waals surface area contributed by atoms with Crippen LogP contribution in [0.1, 0.15) is 44.9 Å². The second-order valence-electron chi connectivity index (χ2n) is 4.23. The average Bonchev–Trinajstić information content (AvgIpc) is 2.67. The highest BCUT2D eigenvalue weighted by Crippen LogP contribution is 2.32. The molecule has 0 bridgehead atoms. The van der Waals surface area contributed by atoms with Crippen molar-refractivity contribution in [3.05, 3.63) is 0 Å². The molecule has 0 aromatic carbocycles. The molecule has 3 nitrogen and oxygen atoms in total. The van der Waals surface area contributed by atoms with E-state index >= 15 is 0 Å². The topological polar surface area (TPSA) is 55.5 Å². The zero-order valence-corrected chi connectivity index (χ0v) is 9.00. The van der Waals surface area contributed by atoms with Gasteiger partial charge in [-0.3, -0.25) is 0 Å². The molecule has 1 aliphatic rings. The summed E-state index contributed by atoms with van der Waals surface area (Å²) in [7, 11) is 0. The molecule has 14 heavy (non-hydrogen) atoms. The van der Waals surface area contributed by atoms with Crippen LogP contribution in [0, 0.1) is 0 Å². The van der Waals surface area contributed by atoms with Crippen molar-refractivity contribution in [3.8, 4) is 0 Å². The van der Waals surface area contributed by atoms with Gasteiger partial charge in [0.05, 0.1) is 5.60 Å². The summed E-state index contributed by atoms with van der Waals surface area (Å²) < 4.78 is 5.88. The van der Waals surface area contributed by atoms with Crippen molar-refractivity contribution >= 4 is 0 Å². The van der Waals surface area contributed by atoms with Crippen LogP contribution < -0.4 is 5.73 Å². The minimum atomic E-state index is -0.000779. The third-order valence-corrected chi connectivity index (χ3v) is 3.10. The first kappa shape index (κ1) is 12.0. The molecule has 3 heteroatoms. The molecule has 0 aromatic rings. The monoisotopic (exact) mass is 201 g/mol. The molecule has 3 N–H and O–H groups in total. The second-order valence-corrected chi connectivity index (χ2v) is 4.23. The van der Waals surface area contributed by atoms with Crippen molar-refractivity contribution < 1.29 is 9.84 Å². The lowest BCUT2D eigenvalue weighted by atomic mass is 10.0. The van der Waals surface area contributed by atoms with Crippen LogP contribution in [-0.4, -0.2) is 30.5 Å². The molecule has 0 saturated heterocycles. The predicted molar refractivity (Wildman–Crippen MR) is 57.1 cm³/mol. The molecule has 0 unspecified atom stereocenters. The largest absolute Gasteiger partial charge is 0.396 e. The predicted octanol–water partition coefficient (Wildman–Crippen LogP) is 1.44. The number of nitrogens with two attached hydrogens (primary N) is 1. The van der Waals surface area contributed by atoms with E-state index in [9.17, 15) is 0 Å². The van der Waals surface area contributed by atoms with Gasteiger partial charge in [0, 0.05) is 19.8 Å². The maximum Gasteiger partial charge on any atom is 0.0804 e. The molecular formula is C11H23NO2. The minimum Gasteiger partial charge on any atom is -0.396 e. The highest BCUT2D eigenvalue weighted by Gasteiger charge is 2.32. The lowest BCUT2D eigenvalue weighted by Crippen LogP contribution is -2.38. The average molecular weight is 201 g/mol. The van der Waals surface area contributed by atoms with Gasteiger partial charge in [0.2, 0.25) is 0 Å². The Balaban J connectivity index is 2.08. The first-order chi connectivity index (χ1) is 6.83. The molecule has 1 rings (SSSR count). The van der Waals surface area contributed by atoms with Gasteiger partial charge >= 0.3 is 0 Å². The van der Waals surface area contributed by atoms with Gasteiger partial charge < -0.3 is 15.6 Å². The smallest absolute Gasteiger partial charge is 0.0804 e. The molecule has 0 aliphatic heterocycles. The summed E-state index contributed by atoms with van der Waals surface area (Å²) in [6.07, 6.45) is 7.76. The third-order valence-electron chi connectivity index (χ3n) is 3.10. The van der Waals surface area contributed by atoms with Gasteiger partial charge in [-0.2, -0.15) is 0 Å². The van der Waals surface area contributed by atoms with E-state index in [0.717, 1.165) is 38.7 Å².